The molecule has 1 aliphatic carbocycles. The first-order valence-corrected chi connectivity index (χ1v) is 7.05. The Morgan fingerprint density at radius 2 is 2.05 bits per heavy atom. The van der Waals surface area contributed by atoms with Gasteiger partial charge in [0.2, 0.25) is 0 Å². The molecule has 96 valence electrons. The minimum Gasteiger partial charge on any atom is -0.383 e. The second kappa shape index (κ2) is 4.75. The zero-order valence-corrected chi connectivity index (χ0v) is 12.0. The van der Waals surface area contributed by atoms with Crippen molar-refractivity contribution in [2.75, 3.05) is 5.73 Å². The maximum absolute atomic E-state index is 6.22. The lowest BCUT2D eigenvalue weighted by Crippen LogP contribution is -2.05. The highest BCUT2D eigenvalue weighted by molar-refractivity contribution is 9.10. The van der Waals surface area contributed by atoms with Crippen LogP contribution < -0.4 is 5.73 Å². The van der Waals surface area contributed by atoms with E-state index in [2.05, 4.69) is 21.9 Å². The molecule has 0 unspecified atom stereocenters. The molecule has 0 atom stereocenters. The van der Waals surface area contributed by atoms with Crippen molar-refractivity contribution >= 4 is 21.7 Å². The maximum Gasteiger partial charge on any atom is 0.132 e. The Morgan fingerprint density at radius 3 is 2.63 bits per heavy atom. The molecule has 1 saturated carbocycles. The second-order valence-electron chi connectivity index (χ2n) is 4.78. The first-order valence-electron chi connectivity index (χ1n) is 6.26. The van der Waals surface area contributed by atoms with Crippen LogP contribution in [0.15, 0.2) is 28.7 Å². The lowest BCUT2D eigenvalue weighted by Gasteiger charge is -2.04. The van der Waals surface area contributed by atoms with Gasteiger partial charge in [-0.15, -0.1) is 6.42 Å². The highest BCUT2D eigenvalue weighted by Crippen LogP contribution is 2.42. The van der Waals surface area contributed by atoms with E-state index in [1.807, 2.05) is 28.8 Å². The van der Waals surface area contributed by atoms with Gasteiger partial charge in [-0.3, -0.25) is 0 Å². The molecule has 2 aromatic rings. The molecule has 4 heteroatoms. The molecule has 0 bridgehead atoms. The van der Waals surface area contributed by atoms with Crippen LogP contribution in [0.3, 0.4) is 0 Å². The SMILES string of the molecule is C#CCn1c(C2CC2)nc(-c2ccc(Br)cc2)c1N. The zero-order chi connectivity index (χ0) is 13.4. The number of aromatic nitrogens is 2. The number of rotatable bonds is 3. The number of anilines is 1. The third-order valence-corrected chi connectivity index (χ3v) is 3.87. The number of nitrogens with two attached hydrogens (primary N) is 1. The number of nitrogens with zero attached hydrogens (tertiary/aromatic N) is 2. The first kappa shape index (κ1) is 12.3. The fourth-order valence-corrected chi connectivity index (χ4v) is 2.48. The number of halogens is 1. The van der Waals surface area contributed by atoms with E-state index in [4.69, 9.17) is 17.1 Å². The number of nitrogen functional groups attached to an aromatic ring is 1. The van der Waals surface area contributed by atoms with Crippen molar-refractivity contribution < 1.29 is 0 Å². The molecule has 0 saturated heterocycles. The maximum atomic E-state index is 6.22. The fourth-order valence-electron chi connectivity index (χ4n) is 2.21. The van der Waals surface area contributed by atoms with E-state index in [0.29, 0.717) is 18.3 Å². The molecular formula is C15H14BrN3. The van der Waals surface area contributed by atoms with Gasteiger partial charge in [0.15, 0.2) is 0 Å². The summed E-state index contributed by atoms with van der Waals surface area (Å²) in [6.07, 6.45) is 7.79. The van der Waals surface area contributed by atoms with Gasteiger partial charge in [-0.05, 0) is 25.0 Å². The Hall–Kier alpha value is -1.73. The van der Waals surface area contributed by atoms with Crippen molar-refractivity contribution in [2.24, 2.45) is 0 Å². The van der Waals surface area contributed by atoms with E-state index in [9.17, 15) is 0 Å². The van der Waals surface area contributed by atoms with Gasteiger partial charge < -0.3 is 10.3 Å². The monoisotopic (exact) mass is 315 g/mol. The van der Waals surface area contributed by atoms with Crippen molar-refractivity contribution in [2.45, 2.75) is 25.3 Å². The van der Waals surface area contributed by atoms with Gasteiger partial charge in [-0.25, -0.2) is 4.98 Å². The van der Waals surface area contributed by atoms with Crippen molar-refractivity contribution in [1.82, 2.24) is 9.55 Å². The Bertz CT molecular complexity index is 645. The lowest BCUT2D eigenvalue weighted by molar-refractivity contribution is 0.762. The van der Waals surface area contributed by atoms with E-state index in [1.165, 1.54) is 12.8 Å². The van der Waals surface area contributed by atoms with Crippen LogP contribution in [-0.2, 0) is 6.54 Å². The summed E-state index contributed by atoms with van der Waals surface area (Å²) in [7, 11) is 0. The third kappa shape index (κ3) is 2.26. The molecule has 1 fully saturated rings. The summed E-state index contributed by atoms with van der Waals surface area (Å²) >= 11 is 3.43. The predicted octanol–water partition coefficient (Wildman–Crippen LogP) is 3.41. The van der Waals surface area contributed by atoms with Crippen LogP contribution in [0.2, 0.25) is 0 Å². The second-order valence-corrected chi connectivity index (χ2v) is 5.69. The number of benzene rings is 1. The van der Waals surface area contributed by atoms with Gasteiger partial charge in [0, 0.05) is 16.0 Å². The topological polar surface area (TPSA) is 43.8 Å². The number of hydrogen-bond acceptors (Lipinski definition) is 2. The number of terminal acetylenes is 1. The number of imidazole rings is 1. The fraction of sp³-hybridized carbons (Fsp3) is 0.267. The molecule has 19 heavy (non-hydrogen) atoms. The molecule has 0 amide bonds. The van der Waals surface area contributed by atoms with Crippen molar-refractivity contribution in [3.63, 3.8) is 0 Å². The smallest absolute Gasteiger partial charge is 0.132 e. The van der Waals surface area contributed by atoms with Gasteiger partial charge in [0.05, 0.1) is 6.54 Å². The third-order valence-electron chi connectivity index (χ3n) is 3.35. The van der Waals surface area contributed by atoms with Crippen molar-refractivity contribution in [3.8, 4) is 23.6 Å². The summed E-state index contributed by atoms with van der Waals surface area (Å²) < 4.78 is 3.01. The van der Waals surface area contributed by atoms with Gasteiger partial charge in [0.1, 0.15) is 17.3 Å². The molecule has 2 N–H and O–H groups in total. The summed E-state index contributed by atoms with van der Waals surface area (Å²) in [5, 5.41) is 0. The molecule has 1 aromatic carbocycles. The first-order chi connectivity index (χ1) is 9.20. The lowest BCUT2D eigenvalue weighted by atomic mass is 10.1. The van der Waals surface area contributed by atoms with Crippen LogP contribution in [0.25, 0.3) is 11.3 Å². The standard InChI is InChI=1S/C15H14BrN3/c1-2-9-19-14(17)13(18-15(19)11-3-4-11)10-5-7-12(16)8-6-10/h1,5-8,11H,3-4,9,17H2. The van der Waals surface area contributed by atoms with Gasteiger partial charge in [-0.2, -0.15) is 0 Å². The Labute approximate surface area is 121 Å². The highest BCUT2D eigenvalue weighted by atomic mass is 79.9. The van der Waals surface area contributed by atoms with Crippen molar-refractivity contribution in [3.05, 3.63) is 34.6 Å². The Morgan fingerprint density at radius 1 is 1.37 bits per heavy atom. The quantitative estimate of drug-likeness (QED) is 0.882. The molecular weight excluding hydrogens is 302 g/mol. The van der Waals surface area contributed by atoms with Crippen LogP contribution in [-0.4, -0.2) is 9.55 Å². The van der Waals surface area contributed by atoms with Crippen LogP contribution in [0.4, 0.5) is 5.82 Å². The normalized spacial score (nSPS) is 14.3. The van der Waals surface area contributed by atoms with Crippen molar-refractivity contribution in [1.29, 1.82) is 0 Å². The summed E-state index contributed by atoms with van der Waals surface area (Å²) in [5.41, 5.74) is 8.08. The Kier molecular flexibility index (Phi) is 3.08. The molecule has 0 spiro atoms. The van der Waals surface area contributed by atoms with Crippen LogP contribution in [0.1, 0.15) is 24.6 Å². The molecule has 3 rings (SSSR count). The van der Waals surface area contributed by atoms with Crippen LogP contribution in [0.5, 0.6) is 0 Å². The molecule has 0 aliphatic heterocycles. The van der Waals surface area contributed by atoms with E-state index in [1.54, 1.807) is 0 Å². The molecule has 0 radical (unpaired) electrons. The predicted molar refractivity (Wildman–Crippen MR) is 80.6 cm³/mol. The van der Waals surface area contributed by atoms with Crippen LogP contribution >= 0.6 is 15.9 Å². The largest absolute Gasteiger partial charge is 0.383 e. The molecule has 1 heterocycles. The average molecular weight is 316 g/mol. The van der Waals surface area contributed by atoms with E-state index >= 15 is 0 Å². The van der Waals surface area contributed by atoms with E-state index in [0.717, 1.165) is 21.6 Å². The summed E-state index contributed by atoms with van der Waals surface area (Å²) in [6, 6.07) is 8.01. The summed E-state index contributed by atoms with van der Waals surface area (Å²) in [4.78, 5) is 4.72. The van der Waals surface area contributed by atoms with Gasteiger partial charge in [0.25, 0.3) is 0 Å². The average Bonchev–Trinajstić information content (AvgIpc) is 3.19. The summed E-state index contributed by atoms with van der Waals surface area (Å²) in [5.74, 6) is 4.89. The minimum absolute atomic E-state index is 0.487. The molecule has 1 aromatic heterocycles. The van der Waals surface area contributed by atoms with E-state index < -0.39 is 0 Å². The van der Waals surface area contributed by atoms with Crippen LogP contribution in [0, 0.1) is 12.3 Å². The Balaban J connectivity index is 2.09. The highest BCUT2D eigenvalue weighted by Gasteiger charge is 2.30. The number of hydrogen-bond donors (Lipinski definition) is 1. The van der Waals surface area contributed by atoms with Gasteiger partial charge >= 0.3 is 0 Å². The van der Waals surface area contributed by atoms with Gasteiger partial charge in [-0.1, -0.05) is 34.0 Å². The molecule has 1 aliphatic rings. The molecule has 3 nitrogen and oxygen atoms in total. The summed E-state index contributed by atoms with van der Waals surface area (Å²) in [6.45, 7) is 0.487. The van der Waals surface area contributed by atoms with E-state index in [-0.39, 0.29) is 0 Å². The zero-order valence-electron chi connectivity index (χ0n) is 10.4. The minimum atomic E-state index is 0.487.